The predicted octanol–water partition coefficient (Wildman–Crippen LogP) is 3.47. The van der Waals surface area contributed by atoms with Gasteiger partial charge in [-0.2, -0.15) is 0 Å². The zero-order chi connectivity index (χ0) is 22.9. The van der Waals surface area contributed by atoms with E-state index < -0.39 is 0 Å². The van der Waals surface area contributed by atoms with Gasteiger partial charge in [0, 0.05) is 50.5 Å². The lowest BCUT2D eigenvalue weighted by atomic mass is 9.99. The Hall–Kier alpha value is -3.32. The Balaban J connectivity index is 1.23. The zero-order valence-corrected chi connectivity index (χ0v) is 19.2. The molecule has 2 aromatic rings. The van der Waals surface area contributed by atoms with Crippen LogP contribution in [-0.2, 0) is 6.42 Å². The van der Waals surface area contributed by atoms with Crippen molar-refractivity contribution in [2.45, 2.75) is 31.3 Å². The number of halogens is 1. The number of piperazine rings is 1. The summed E-state index contributed by atoms with van der Waals surface area (Å²) in [5.41, 5.74) is 3.99. The Morgan fingerprint density at radius 1 is 1.03 bits per heavy atom. The summed E-state index contributed by atoms with van der Waals surface area (Å²) in [6.07, 6.45) is 9.14. The minimum Gasteiger partial charge on any atom is -0.354 e. The topological polar surface area (TPSA) is 56.1 Å². The molecule has 5 heterocycles. The van der Waals surface area contributed by atoms with Crippen LogP contribution in [0.15, 0.2) is 70.8 Å². The zero-order valence-electron chi connectivity index (χ0n) is 19.2. The second-order valence-corrected chi connectivity index (χ2v) is 9.30. The molecule has 0 radical (unpaired) electrons. The second-order valence-electron chi connectivity index (χ2n) is 9.30. The second kappa shape index (κ2) is 9.14. The van der Waals surface area contributed by atoms with Crippen LogP contribution in [0.3, 0.4) is 0 Å². The fourth-order valence-corrected chi connectivity index (χ4v) is 5.37. The lowest BCUT2D eigenvalue weighted by Gasteiger charge is -2.30. The first-order chi connectivity index (χ1) is 16.7. The minimum atomic E-state index is -0.172. The molecule has 0 aliphatic carbocycles. The Labute approximate surface area is 199 Å². The van der Waals surface area contributed by atoms with Gasteiger partial charge in [-0.15, -0.1) is 0 Å². The summed E-state index contributed by atoms with van der Waals surface area (Å²) in [6, 6.07) is 13.4. The highest BCUT2D eigenvalue weighted by atomic mass is 19.1. The molecule has 2 saturated heterocycles. The van der Waals surface area contributed by atoms with Gasteiger partial charge in [-0.3, -0.25) is 9.98 Å². The number of anilines is 1. The van der Waals surface area contributed by atoms with Gasteiger partial charge in [0.1, 0.15) is 23.5 Å². The molecule has 0 bridgehead atoms. The summed E-state index contributed by atoms with van der Waals surface area (Å²) < 4.78 is 13.7. The number of nitrogens with one attached hydrogen (secondary N) is 1. The molecule has 6 nitrogen and oxygen atoms in total. The number of likely N-dealkylation sites (tertiary alicyclic amines) is 1. The normalized spacial score (nSPS) is 24.1. The van der Waals surface area contributed by atoms with Gasteiger partial charge in [0.25, 0.3) is 0 Å². The van der Waals surface area contributed by atoms with Crippen LogP contribution in [0.2, 0.25) is 0 Å². The highest BCUT2D eigenvalue weighted by Gasteiger charge is 2.32. The van der Waals surface area contributed by atoms with E-state index in [4.69, 9.17) is 9.98 Å². The molecule has 1 aromatic heterocycles. The first-order valence-electron chi connectivity index (χ1n) is 12.2. The first-order valence-corrected chi connectivity index (χ1v) is 12.2. The van der Waals surface area contributed by atoms with E-state index in [9.17, 15) is 4.39 Å². The van der Waals surface area contributed by atoms with Gasteiger partial charge in [0.2, 0.25) is 0 Å². The van der Waals surface area contributed by atoms with Gasteiger partial charge < -0.3 is 15.1 Å². The Morgan fingerprint density at radius 2 is 1.91 bits per heavy atom. The third-order valence-electron chi connectivity index (χ3n) is 7.09. The highest BCUT2D eigenvalue weighted by Crippen LogP contribution is 2.31. The molecule has 7 heteroatoms. The first kappa shape index (κ1) is 21.2. The maximum atomic E-state index is 13.7. The summed E-state index contributed by atoms with van der Waals surface area (Å²) in [7, 11) is 0. The maximum Gasteiger partial charge on any atom is 0.129 e. The predicted molar refractivity (Wildman–Crippen MR) is 135 cm³/mol. The van der Waals surface area contributed by atoms with E-state index in [1.165, 1.54) is 6.07 Å². The summed E-state index contributed by atoms with van der Waals surface area (Å²) in [6.45, 7) is 4.87. The molecule has 1 aromatic carbocycles. The van der Waals surface area contributed by atoms with Crippen LogP contribution in [-0.4, -0.2) is 66.2 Å². The van der Waals surface area contributed by atoms with Crippen molar-refractivity contribution in [2.75, 3.05) is 37.6 Å². The number of benzene rings is 1. The fourth-order valence-electron chi connectivity index (χ4n) is 5.37. The number of amidine groups is 1. The Morgan fingerprint density at radius 3 is 2.79 bits per heavy atom. The van der Waals surface area contributed by atoms with Gasteiger partial charge in [-0.25, -0.2) is 9.37 Å². The Kier molecular flexibility index (Phi) is 5.71. The molecular weight excluding hydrogens is 427 g/mol. The molecule has 2 atom stereocenters. The van der Waals surface area contributed by atoms with E-state index in [0.717, 1.165) is 86.2 Å². The number of dihydropyridines is 1. The fraction of sp³-hybridized carbons (Fsp3) is 0.370. The molecule has 1 N–H and O–H groups in total. The monoisotopic (exact) mass is 456 g/mol. The molecule has 4 aliphatic heterocycles. The maximum absolute atomic E-state index is 13.7. The molecule has 2 fully saturated rings. The summed E-state index contributed by atoms with van der Waals surface area (Å²) in [5.74, 6) is 1.83. The molecule has 34 heavy (non-hydrogen) atoms. The highest BCUT2D eigenvalue weighted by molar-refractivity contribution is 6.17. The molecule has 0 amide bonds. The third kappa shape index (κ3) is 4.16. The SMILES string of the molecule is Fc1cccc(CC2CCCN2C2=NC3C(c4cccc(N5CCNCC5)n4)=CN=C3C=C2)c1. The lowest BCUT2D eigenvalue weighted by molar-refractivity contribution is 0.386. The molecule has 2 unspecified atom stereocenters. The van der Waals surface area contributed by atoms with Crippen LogP contribution in [0.25, 0.3) is 5.57 Å². The van der Waals surface area contributed by atoms with Gasteiger partial charge in [0.05, 0.1) is 11.4 Å². The number of aromatic nitrogens is 1. The van der Waals surface area contributed by atoms with Gasteiger partial charge in [-0.05, 0) is 61.2 Å². The van der Waals surface area contributed by atoms with Gasteiger partial charge >= 0.3 is 0 Å². The van der Waals surface area contributed by atoms with Gasteiger partial charge in [-0.1, -0.05) is 18.2 Å². The molecule has 174 valence electrons. The van der Waals surface area contributed by atoms with Crippen molar-refractivity contribution in [2.24, 2.45) is 9.98 Å². The van der Waals surface area contributed by atoms with Crippen LogP contribution >= 0.6 is 0 Å². The van der Waals surface area contributed by atoms with Crippen LogP contribution < -0.4 is 10.2 Å². The largest absolute Gasteiger partial charge is 0.354 e. The number of nitrogens with zero attached hydrogens (tertiary/aromatic N) is 5. The van der Waals surface area contributed by atoms with E-state index in [0.29, 0.717) is 6.04 Å². The van der Waals surface area contributed by atoms with Crippen molar-refractivity contribution in [3.63, 3.8) is 0 Å². The molecular formula is C27H29FN6. The smallest absolute Gasteiger partial charge is 0.129 e. The number of fused-ring (bicyclic) bond motifs is 1. The molecule has 0 saturated carbocycles. The van der Waals surface area contributed by atoms with E-state index in [2.05, 4.69) is 50.5 Å². The number of pyridine rings is 1. The summed E-state index contributed by atoms with van der Waals surface area (Å²) >= 11 is 0. The van der Waals surface area contributed by atoms with Crippen molar-refractivity contribution >= 4 is 22.9 Å². The average Bonchev–Trinajstić information content (AvgIpc) is 3.51. The Bertz CT molecular complexity index is 1190. The van der Waals surface area contributed by atoms with E-state index >= 15 is 0 Å². The summed E-state index contributed by atoms with van der Waals surface area (Å²) in [4.78, 5) is 19.5. The lowest BCUT2D eigenvalue weighted by Crippen LogP contribution is -2.44. The minimum absolute atomic E-state index is 0.124. The quantitative estimate of drug-likeness (QED) is 0.766. The number of rotatable bonds is 4. The molecule has 6 rings (SSSR count). The summed E-state index contributed by atoms with van der Waals surface area (Å²) in [5, 5.41) is 3.40. The van der Waals surface area contributed by atoms with Crippen molar-refractivity contribution in [1.29, 1.82) is 0 Å². The van der Waals surface area contributed by atoms with Crippen LogP contribution in [0.5, 0.6) is 0 Å². The average molecular weight is 457 g/mol. The van der Waals surface area contributed by atoms with Crippen molar-refractivity contribution in [1.82, 2.24) is 15.2 Å². The van der Waals surface area contributed by atoms with Crippen molar-refractivity contribution < 1.29 is 4.39 Å². The molecule has 0 spiro atoms. The van der Waals surface area contributed by atoms with Crippen molar-refractivity contribution in [3.05, 3.63) is 77.9 Å². The van der Waals surface area contributed by atoms with Crippen LogP contribution in [0.4, 0.5) is 10.2 Å². The standard InChI is InChI=1S/C27H29FN6/c28-20-5-1-4-19(16-20)17-21-6-3-13-34(21)26-10-9-24-27(32-26)22(18-30-24)23-7-2-8-25(31-23)33-14-11-29-12-15-33/h1-2,4-5,7-10,16,18,21,27,29H,3,6,11-15,17H2. The number of aliphatic imine (C=N–C) groups is 2. The number of hydrogen-bond donors (Lipinski definition) is 1. The van der Waals surface area contributed by atoms with Crippen LogP contribution in [0.1, 0.15) is 24.1 Å². The third-order valence-corrected chi connectivity index (χ3v) is 7.09. The van der Waals surface area contributed by atoms with E-state index in [1.54, 1.807) is 12.1 Å². The van der Waals surface area contributed by atoms with Crippen molar-refractivity contribution in [3.8, 4) is 0 Å². The van der Waals surface area contributed by atoms with E-state index in [1.807, 2.05) is 12.3 Å². The number of hydrogen-bond acceptors (Lipinski definition) is 6. The van der Waals surface area contributed by atoms with Gasteiger partial charge in [0.15, 0.2) is 0 Å². The van der Waals surface area contributed by atoms with Crippen LogP contribution in [0, 0.1) is 5.82 Å². The van der Waals surface area contributed by atoms with E-state index in [-0.39, 0.29) is 11.9 Å². The molecule has 4 aliphatic rings.